The molecule has 0 unspecified atom stereocenters. The van der Waals surface area contributed by atoms with Crippen molar-refractivity contribution in [2.24, 2.45) is 5.41 Å². The molecule has 0 aromatic heterocycles. The van der Waals surface area contributed by atoms with Crippen LogP contribution in [0.25, 0.3) is 0 Å². The molecule has 4 heteroatoms. The van der Waals surface area contributed by atoms with E-state index in [1.807, 2.05) is 6.08 Å². The Kier molecular flexibility index (Phi) is 21.7. The molecule has 0 atom stereocenters. The van der Waals surface area contributed by atoms with Crippen molar-refractivity contribution in [3.63, 3.8) is 0 Å². The largest absolute Gasteiger partial charge is 0.478 e. The molecule has 152 valence electrons. The minimum absolute atomic E-state index is 0. The van der Waals surface area contributed by atoms with E-state index in [4.69, 9.17) is 5.11 Å². The third-order valence-electron chi connectivity index (χ3n) is 5.70. The summed E-state index contributed by atoms with van der Waals surface area (Å²) in [5.41, 5.74) is 1.09. The van der Waals surface area contributed by atoms with E-state index in [9.17, 15) is 4.79 Å². The highest BCUT2D eigenvalue weighted by Crippen LogP contribution is 2.36. The molecule has 0 aromatic carbocycles. The summed E-state index contributed by atoms with van der Waals surface area (Å²) in [5, 5.41) is 8.75. The van der Waals surface area contributed by atoms with Gasteiger partial charge in [-0.15, -0.1) is 17.0 Å². The second kappa shape index (κ2) is 18.4. The van der Waals surface area contributed by atoms with Crippen LogP contribution < -0.4 is 6.15 Å². The number of carboxylic acids is 1. The van der Waals surface area contributed by atoms with E-state index in [1.165, 1.54) is 70.6 Å². The first-order valence-corrected chi connectivity index (χ1v) is 9.91. The molecule has 0 spiro atoms. The second-order valence-corrected chi connectivity index (χ2v) is 7.12. The van der Waals surface area contributed by atoms with Gasteiger partial charge < -0.3 is 11.3 Å². The topological polar surface area (TPSA) is 72.3 Å². The Labute approximate surface area is 167 Å². The monoisotopic (exact) mass is 421 g/mol. The van der Waals surface area contributed by atoms with Crippen molar-refractivity contribution in [3.05, 3.63) is 11.6 Å². The second-order valence-electron chi connectivity index (χ2n) is 7.12. The number of unbranched alkanes of at least 4 members (excludes halogenated alkanes) is 8. The minimum Gasteiger partial charge on any atom is -0.478 e. The summed E-state index contributed by atoms with van der Waals surface area (Å²) in [7, 11) is 0. The van der Waals surface area contributed by atoms with Crippen LogP contribution in [0.4, 0.5) is 0 Å². The molecule has 25 heavy (non-hydrogen) atoms. The Hall–Kier alpha value is -0.350. The summed E-state index contributed by atoms with van der Waals surface area (Å²) >= 11 is 0. The van der Waals surface area contributed by atoms with Gasteiger partial charge in [0.05, 0.1) is 0 Å². The Bertz CT molecular complexity index is 331. The maximum Gasteiger partial charge on any atom is 0.330 e. The molecular formula is C21H44BrNO2. The van der Waals surface area contributed by atoms with Gasteiger partial charge in [-0.05, 0) is 31.6 Å². The van der Waals surface area contributed by atoms with Gasteiger partial charge in [0.1, 0.15) is 0 Å². The summed E-state index contributed by atoms with van der Waals surface area (Å²) < 4.78 is 0. The lowest BCUT2D eigenvalue weighted by molar-refractivity contribution is -0.132. The van der Waals surface area contributed by atoms with Gasteiger partial charge in [0.15, 0.2) is 0 Å². The van der Waals surface area contributed by atoms with E-state index in [2.05, 4.69) is 20.8 Å². The number of hydrogen-bond donors (Lipinski definition) is 2. The molecule has 4 N–H and O–H groups in total. The number of hydrogen-bond acceptors (Lipinski definition) is 2. The van der Waals surface area contributed by atoms with Gasteiger partial charge in [0, 0.05) is 5.57 Å². The highest BCUT2D eigenvalue weighted by atomic mass is 79.9. The number of aliphatic carboxylic acids is 1. The number of carbonyl (C=O) groups is 1. The van der Waals surface area contributed by atoms with E-state index >= 15 is 0 Å². The van der Waals surface area contributed by atoms with Crippen molar-refractivity contribution in [2.75, 3.05) is 0 Å². The van der Waals surface area contributed by atoms with E-state index in [-0.39, 0.29) is 23.1 Å². The third kappa shape index (κ3) is 14.5. The predicted octanol–water partition coefficient (Wildman–Crippen LogP) is 7.87. The summed E-state index contributed by atoms with van der Waals surface area (Å²) in [5.74, 6) is -0.789. The fourth-order valence-corrected chi connectivity index (χ4v) is 3.39. The molecule has 0 amide bonds. The van der Waals surface area contributed by atoms with Crippen molar-refractivity contribution in [1.29, 1.82) is 0 Å². The van der Waals surface area contributed by atoms with Crippen LogP contribution in [0.2, 0.25) is 0 Å². The van der Waals surface area contributed by atoms with Gasteiger partial charge in [-0.2, -0.15) is 0 Å². The lowest BCUT2D eigenvalue weighted by Gasteiger charge is -2.30. The smallest absolute Gasteiger partial charge is 0.330 e. The van der Waals surface area contributed by atoms with Crippen LogP contribution >= 0.6 is 17.0 Å². The van der Waals surface area contributed by atoms with Crippen LogP contribution in [0, 0.1) is 5.41 Å². The van der Waals surface area contributed by atoms with Gasteiger partial charge in [-0.25, -0.2) is 4.79 Å². The molecular weight excluding hydrogens is 378 g/mol. The first-order chi connectivity index (χ1) is 11.0. The van der Waals surface area contributed by atoms with Crippen LogP contribution in [-0.2, 0) is 4.79 Å². The molecule has 3 nitrogen and oxygen atoms in total. The lowest BCUT2D eigenvalue weighted by Crippen LogP contribution is -2.17. The Morgan fingerprint density at radius 1 is 0.840 bits per heavy atom. The average Bonchev–Trinajstić information content (AvgIpc) is 2.56. The van der Waals surface area contributed by atoms with Crippen LogP contribution in [-0.4, -0.2) is 11.1 Å². The highest BCUT2D eigenvalue weighted by molar-refractivity contribution is 8.93. The van der Waals surface area contributed by atoms with Crippen LogP contribution in [0.1, 0.15) is 111 Å². The van der Waals surface area contributed by atoms with Gasteiger partial charge in [-0.1, -0.05) is 91.1 Å². The maximum absolute atomic E-state index is 10.6. The van der Waals surface area contributed by atoms with Gasteiger partial charge >= 0.3 is 5.97 Å². The summed E-state index contributed by atoms with van der Waals surface area (Å²) in [6.45, 7) is 8.72. The fourth-order valence-electron chi connectivity index (χ4n) is 3.39. The summed E-state index contributed by atoms with van der Waals surface area (Å²) in [6.07, 6.45) is 18.7. The lowest BCUT2D eigenvalue weighted by atomic mass is 9.75. The first-order valence-electron chi connectivity index (χ1n) is 9.91. The zero-order valence-electron chi connectivity index (χ0n) is 17.2. The van der Waals surface area contributed by atoms with Crippen LogP contribution in [0.5, 0.6) is 0 Å². The molecule has 0 bridgehead atoms. The Morgan fingerprint density at radius 3 is 1.64 bits per heavy atom. The number of carboxylic acid groups (broad SMARTS) is 1. The van der Waals surface area contributed by atoms with Gasteiger partial charge in [0.25, 0.3) is 0 Å². The summed E-state index contributed by atoms with van der Waals surface area (Å²) in [6, 6.07) is 0. The van der Waals surface area contributed by atoms with E-state index in [1.54, 1.807) is 6.92 Å². The molecule has 0 saturated heterocycles. The fraction of sp³-hybridized carbons (Fsp3) is 0.857. The molecule has 0 rings (SSSR count). The molecule has 0 aliphatic rings. The quantitative estimate of drug-likeness (QED) is 0.208. The molecule has 0 heterocycles. The Morgan fingerprint density at radius 2 is 1.24 bits per heavy atom. The number of halogens is 1. The zero-order valence-corrected chi connectivity index (χ0v) is 19.0. The Balaban J connectivity index is -0.00000242. The van der Waals surface area contributed by atoms with Crippen LogP contribution in [0.3, 0.4) is 0 Å². The minimum atomic E-state index is -0.789. The molecule has 0 aliphatic carbocycles. The molecule has 0 aliphatic heterocycles. The number of rotatable bonds is 15. The zero-order chi connectivity index (χ0) is 17.6. The van der Waals surface area contributed by atoms with Crippen molar-refractivity contribution in [3.8, 4) is 0 Å². The third-order valence-corrected chi connectivity index (χ3v) is 5.70. The van der Waals surface area contributed by atoms with E-state index in [0.29, 0.717) is 11.0 Å². The van der Waals surface area contributed by atoms with E-state index in [0.717, 1.165) is 12.8 Å². The van der Waals surface area contributed by atoms with E-state index < -0.39 is 5.97 Å². The van der Waals surface area contributed by atoms with Crippen LogP contribution in [0.15, 0.2) is 11.6 Å². The molecule has 0 aromatic rings. The average molecular weight is 422 g/mol. The molecule has 0 saturated carbocycles. The normalized spacial score (nSPS) is 11.6. The van der Waals surface area contributed by atoms with Gasteiger partial charge in [-0.3, -0.25) is 0 Å². The molecule has 0 radical (unpaired) electrons. The van der Waals surface area contributed by atoms with Gasteiger partial charge in [0.2, 0.25) is 0 Å². The maximum atomic E-state index is 10.6. The van der Waals surface area contributed by atoms with Crippen molar-refractivity contribution < 1.29 is 9.90 Å². The van der Waals surface area contributed by atoms with Crippen molar-refractivity contribution >= 4 is 23.0 Å². The first kappa shape index (κ1) is 29.4. The summed E-state index contributed by atoms with van der Waals surface area (Å²) in [4.78, 5) is 10.6. The highest BCUT2D eigenvalue weighted by Gasteiger charge is 2.22. The molecule has 0 fully saturated rings. The SMILES string of the molecule is Br.CCC(CC)(CC)CCCCCCCCCCC=C(C)C(=O)O.N. The predicted molar refractivity (Wildman–Crippen MR) is 116 cm³/mol. The standard InChI is InChI=1S/C21H40O2.BrH.H3N/c1-5-21(6-2,7-3)18-16-14-12-10-8-9-11-13-15-17-19(4)20(22)23;;/h17H,5-16,18H2,1-4H3,(H,22,23);1H;1H3. The van der Waals surface area contributed by atoms with Crippen molar-refractivity contribution in [2.45, 2.75) is 111 Å². The number of allylic oxidation sites excluding steroid dienone is 1. The van der Waals surface area contributed by atoms with Crippen molar-refractivity contribution in [1.82, 2.24) is 6.15 Å².